The number of ether oxygens (including phenoxy) is 5. The fourth-order valence-electron chi connectivity index (χ4n) is 2.05. The molecule has 0 radical (unpaired) electrons. The molecule has 0 unspecified atom stereocenters. The van der Waals surface area contributed by atoms with E-state index in [-0.39, 0.29) is 12.2 Å². The van der Waals surface area contributed by atoms with Gasteiger partial charge in [-0.25, -0.2) is 0 Å². The Balaban J connectivity index is 1.99. The van der Waals surface area contributed by atoms with Gasteiger partial charge < -0.3 is 23.7 Å². The molecule has 1 heterocycles. The van der Waals surface area contributed by atoms with Crippen LogP contribution in [0.4, 0.5) is 0 Å². The maximum absolute atomic E-state index is 5.71. The van der Waals surface area contributed by atoms with Gasteiger partial charge in [0.15, 0.2) is 0 Å². The van der Waals surface area contributed by atoms with Gasteiger partial charge in [0.2, 0.25) is 0 Å². The van der Waals surface area contributed by atoms with Crippen LogP contribution in [0.1, 0.15) is 12.8 Å². The molecule has 1 rings (SSSR count). The quantitative estimate of drug-likeness (QED) is 0.384. The zero-order chi connectivity index (χ0) is 15.2. The highest BCUT2D eigenvalue weighted by Gasteiger charge is 2.26. The normalized spacial score (nSPS) is 22.1. The number of hydrogen-bond acceptors (Lipinski definition) is 5. The Morgan fingerprint density at radius 3 is 2.43 bits per heavy atom. The lowest BCUT2D eigenvalue weighted by Gasteiger charge is -2.31. The van der Waals surface area contributed by atoms with Crippen LogP contribution >= 0.6 is 0 Å². The SMILES string of the molecule is C=CCOCCOCCOC[C@H]1OCCC[C@@H]1OCC=C. The van der Waals surface area contributed by atoms with Crippen LogP contribution in [-0.4, -0.2) is 65.1 Å². The van der Waals surface area contributed by atoms with Crippen LogP contribution in [0.2, 0.25) is 0 Å². The Kier molecular flexibility index (Phi) is 11.3. The van der Waals surface area contributed by atoms with Crippen molar-refractivity contribution in [3.63, 3.8) is 0 Å². The molecule has 0 aliphatic carbocycles. The van der Waals surface area contributed by atoms with Crippen molar-refractivity contribution in [1.82, 2.24) is 0 Å². The number of hydrogen-bond donors (Lipinski definition) is 0. The van der Waals surface area contributed by atoms with Gasteiger partial charge in [-0.05, 0) is 12.8 Å². The highest BCUT2D eigenvalue weighted by molar-refractivity contribution is 4.77. The second-order valence-corrected chi connectivity index (χ2v) is 4.76. The van der Waals surface area contributed by atoms with Crippen molar-refractivity contribution < 1.29 is 23.7 Å². The fraction of sp³-hybridized carbons (Fsp3) is 0.750. The van der Waals surface area contributed by atoms with E-state index in [9.17, 15) is 0 Å². The molecule has 0 N–H and O–H groups in total. The van der Waals surface area contributed by atoms with E-state index in [1.165, 1.54) is 0 Å². The third kappa shape index (κ3) is 9.01. The molecule has 0 bridgehead atoms. The summed E-state index contributed by atoms with van der Waals surface area (Å²) >= 11 is 0. The van der Waals surface area contributed by atoms with Crippen LogP contribution in [-0.2, 0) is 23.7 Å². The summed E-state index contributed by atoms with van der Waals surface area (Å²) < 4.78 is 27.6. The molecule has 1 fully saturated rings. The third-order valence-electron chi connectivity index (χ3n) is 3.07. The van der Waals surface area contributed by atoms with E-state index in [4.69, 9.17) is 23.7 Å². The summed E-state index contributed by atoms with van der Waals surface area (Å²) in [7, 11) is 0. The van der Waals surface area contributed by atoms with E-state index in [0.717, 1.165) is 19.4 Å². The van der Waals surface area contributed by atoms with E-state index in [1.807, 2.05) is 0 Å². The molecular formula is C16H28O5. The summed E-state index contributed by atoms with van der Waals surface area (Å²) in [5, 5.41) is 0. The predicted molar refractivity (Wildman–Crippen MR) is 81.6 cm³/mol. The first kappa shape index (κ1) is 18.3. The Hall–Kier alpha value is -0.720. The van der Waals surface area contributed by atoms with Gasteiger partial charge in [0.05, 0.1) is 52.4 Å². The molecular weight excluding hydrogens is 272 g/mol. The Bertz CT molecular complexity index is 269. The average molecular weight is 300 g/mol. The smallest absolute Gasteiger partial charge is 0.107 e. The lowest BCUT2D eigenvalue weighted by molar-refractivity contribution is -0.129. The van der Waals surface area contributed by atoms with Crippen molar-refractivity contribution >= 4 is 0 Å². The summed E-state index contributed by atoms with van der Waals surface area (Å²) in [4.78, 5) is 0. The van der Waals surface area contributed by atoms with Crippen molar-refractivity contribution in [3.05, 3.63) is 25.3 Å². The topological polar surface area (TPSA) is 46.2 Å². The minimum atomic E-state index is 0.00891. The molecule has 0 aromatic rings. The van der Waals surface area contributed by atoms with Crippen molar-refractivity contribution in [1.29, 1.82) is 0 Å². The van der Waals surface area contributed by atoms with Gasteiger partial charge in [-0.15, -0.1) is 13.2 Å². The van der Waals surface area contributed by atoms with Crippen LogP contribution in [0.3, 0.4) is 0 Å². The maximum Gasteiger partial charge on any atom is 0.107 e. The van der Waals surface area contributed by atoms with Gasteiger partial charge in [-0.3, -0.25) is 0 Å². The molecule has 122 valence electrons. The minimum absolute atomic E-state index is 0.00891. The molecule has 0 aromatic carbocycles. The van der Waals surface area contributed by atoms with Gasteiger partial charge >= 0.3 is 0 Å². The second kappa shape index (κ2) is 13.0. The monoisotopic (exact) mass is 300 g/mol. The van der Waals surface area contributed by atoms with Gasteiger partial charge in [0.1, 0.15) is 6.10 Å². The van der Waals surface area contributed by atoms with Crippen LogP contribution in [0, 0.1) is 0 Å². The first-order chi connectivity index (χ1) is 10.4. The predicted octanol–water partition coefficient (Wildman–Crippen LogP) is 1.97. The van der Waals surface area contributed by atoms with Gasteiger partial charge in [0.25, 0.3) is 0 Å². The first-order valence-corrected chi connectivity index (χ1v) is 7.56. The van der Waals surface area contributed by atoms with Crippen LogP contribution < -0.4 is 0 Å². The standard InChI is InChI=1S/C16H28O5/c1-3-7-17-10-11-18-12-13-19-14-16-15(20-8-4-2)6-5-9-21-16/h3-4,15-16H,1-2,5-14H2/t15-,16+/m0/s1. The average Bonchev–Trinajstić information content (AvgIpc) is 2.52. The fourth-order valence-corrected chi connectivity index (χ4v) is 2.05. The summed E-state index contributed by atoms with van der Waals surface area (Å²) in [6.45, 7) is 11.9. The van der Waals surface area contributed by atoms with Gasteiger partial charge in [-0.1, -0.05) is 12.2 Å². The van der Waals surface area contributed by atoms with Crippen LogP contribution in [0.15, 0.2) is 25.3 Å². The summed E-state index contributed by atoms with van der Waals surface area (Å²) in [6.07, 6.45) is 5.64. The van der Waals surface area contributed by atoms with Crippen LogP contribution in [0.25, 0.3) is 0 Å². The molecule has 21 heavy (non-hydrogen) atoms. The van der Waals surface area contributed by atoms with Crippen molar-refractivity contribution in [2.75, 3.05) is 52.9 Å². The highest BCUT2D eigenvalue weighted by Crippen LogP contribution is 2.17. The molecule has 0 aromatic heterocycles. The van der Waals surface area contributed by atoms with E-state index in [2.05, 4.69) is 13.2 Å². The van der Waals surface area contributed by atoms with Crippen molar-refractivity contribution in [3.8, 4) is 0 Å². The highest BCUT2D eigenvalue weighted by atomic mass is 16.6. The van der Waals surface area contributed by atoms with E-state index in [1.54, 1.807) is 12.2 Å². The second-order valence-electron chi connectivity index (χ2n) is 4.76. The molecule has 0 amide bonds. The van der Waals surface area contributed by atoms with E-state index < -0.39 is 0 Å². The lowest BCUT2D eigenvalue weighted by atomic mass is 10.1. The minimum Gasteiger partial charge on any atom is -0.377 e. The van der Waals surface area contributed by atoms with Gasteiger partial charge in [-0.2, -0.15) is 0 Å². The molecule has 5 heteroatoms. The Labute approximate surface area is 127 Å². The molecule has 5 nitrogen and oxygen atoms in total. The zero-order valence-electron chi connectivity index (χ0n) is 12.8. The van der Waals surface area contributed by atoms with E-state index in [0.29, 0.717) is 46.2 Å². The Morgan fingerprint density at radius 2 is 1.67 bits per heavy atom. The first-order valence-electron chi connectivity index (χ1n) is 7.56. The molecule has 1 aliphatic rings. The molecule has 0 spiro atoms. The van der Waals surface area contributed by atoms with Crippen molar-refractivity contribution in [2.24, 2.45) is 0 Å². The molecule has 0 saturated carbocycles. The molecule has 1 aliphatic heterocycles. The molecule has 1 saturated heterocycles. The zero-order valence-corrected chi connectivity index (χ0v) is 12.8. The maximum atomic E-state index is 5.71. The summed E-state index contributed by atoms with van der Waals surface area (Å²) in [6, 6.07) is 0. The third-order valence-corrected chi connectivity index (χ3v) is 3.07. The summed E-state index contributed by atoms with van der Waals surface area (Å²) in [5.74, 6) is 0. The number of rotatable bonds is 13. The Morgan fingerprint density at radius 1 is 0.952 bits per heavy atom. The van der Waals surface area contributed by atoms with Crippen LogP contribution in [0.5, 0.6) is 0 Å². The van der Waals surface area contributed by atoms with E-state index >= 15 is 0 Å². The lowest BCUT2D eigenvalue weighted by Crippen LogP contribution is -2.39. The summed E-state index contributed by atoms with van der Waals surface area (Å²) in [5.41, 5.74) is 0. The van der Waals surface area contributed by atoms with Gasteiger partial charge in [0, 0.05) is 6.61 Å². The van der Waals surface area contributed by atoms with Crippen molar-refractivity contribution in [2.45, 2.75) is 25.0 Å². The largest absolute Gasteiger partial charge is 0.377 e. The molecule has 2 atom stereocenters.